The topological polar surface area (TPSA) is 88.1 Å². The molecule has 0 bridgehead atoms. The first-order valence-electron chi connectivity index (χ1n) is 7.92. The van der Waals surface area contributed by atoms with Crippen LogP contribution in [0.5, 0.6) is 5.75 Å². The molecule has 0 spiro atoms. The first kappa shape index (κ1) is 20.9. The predicted molar refractivity (Wildman–Crippen MR) is 105 cm³/mol. The van der Waals surface area contributed by atoms with Crippen LogP contribution in [0.25, 0.3) is 0 Å². The highest BCUT2D eigenvalue weighted by Crippen LogP contribution is 2.27. The molecule has 0 aliphatic carbocycles. The van der Waals surface area contributed by atoms with Crippen molar-refractivity contribution in [3.8, 4) is 5.75 Å². The number of carbonyl (C=O) groups excluding carboxylic acids is 1. The fourth-order valence-corrected chi connectivity index (χ4v) is 3.72. The van der Waals surface area contributed by atoms with Crippen LogP contribution in [0.4, 0.5) is 0 Å². The van der Waals surface area contributed by atoms with Gasteiger partial charge in [-0.05, 0) is 30.7 Å². The maximum Gasteiger partial charge on any atom is 0.255 e. The van der Waals surface area contributed by atoms with Gasteiger partial charge in [0.1, 0.15) is 5.75 Å². The van der Waals surface area contributed by atoms with Crippen molar-refractivity contribution in [2.24, 2.45) is 5.10 Å². The summed E-state index contributed by atoms with van der Waals surface area (Å²) in [4.78, 5) is 11.9. The Bertz CT molecular complexity index is 961. The fraction of sp³-hybridized carbons (Fsp3) is 0.222. The largest absolute Gasteiger partial charge is 0.495 e. The Morgan fingerprint density at radius 3 is 2.67 bits per heavy atom. The number of halogens is 1. The van der Waals surface area contributed by atoms with E-state index in [1.54, 1.807) is 0 Å². The van der Waals surface area contributed by atoms with Gasteiger partial charge in [0.2, 0.25) is 10.0 Å². The number of hydrazone groups is 1. The quantitative estimate of drug-likeness (QED) is 0.562. The predicted octanol–water partition coefficient (Wildman–Crippen LogP) is 2.43. The molecule has 0 saturated carbocycles. The lowest BCUT2D eigenvalue weighted by Gasteiger charge is -2.16. The van der Waals surface area contributed by atoms with E-state index in [1.165, 1.54) is 38.6 Å². The van der Waals surface area contributed by atoms with E-state index in [-0.39, 0.29) is 9.92 Å². The van der Waals surface area contributed by atoms with E-state index in [2.05, 4.69) is 10.5 Å². The van der Waals surface area contributed by atoms with E-state index in [9.17, 15) is 13.2 Å². The van der Waals surface area contributed by atoms with Crippen LogP contribution in [0.1, 0.15) is 11.1 Å². The fourth-order valence-electron chi connectivity index (χ4n) is 2.24. The number of nitrogens with one attached hydrogen (secondary N) is 1. The lowest BCUT2D eigenvalue weighted by molar-refractivity contribution is -0.121. The third-order valence-electron chi connectivity index (χ3n) is 3.64. The highest BCUT2D eigenvalue weighted by atomic mass is 35.5. The lowest BCUT2D eigenvalue weighted by Crippen LogP contribution is -2.36. The Morgan fingerprint density at radius 1 is 1.30 bits per heavy atom. The van der Waals surface area contributed by atoms with Gasteiger partial charge in [0, 0.05) is 7.05 Å². The van der Waals surface area contributed by atoms with Gasteiger partial charge in [0.05, 0.1) is 29.8 Å². The van der Waals surface area contributed by atoms with E-state index in [0.717, 1.165) is 15.4 Å². The number of nitrogens with zero attached hydrogens (tertiary/aromatic N) is 2. The van der Waals surface area contributed by atoms with Crippen molar-refractivity contribution in [1.82, 2.24) is 9.73 Å². The molecule has 7 nitrogen and oxygen atoms in total. The Hall–Kier alpha value is -2.42. The standard InChI is InChI=1S/C18H20ClN3O4S/c1-13-5-4-6-14(9-13)11-20-21-18(23)12-22(2)27(24,25)15-7-8-17(26-3)16(19)10-15/h4-11H,12H2,1-3H3,(H,21,23). The van der Waals surface area contributed by atoms with Crippen molar-refractivity contribution >= 4 is 33.7 Å². The molecule has 9 heteroatoms. The van der Waals surface area contributed by atoms with Crippen LogP contribution >= 0.6 is 11.6 Å². The number of methoxy groups -OCH3 is 1. The molecule has 0 saturated heterocycles. The molecule has 0 unspecified atom stereocenters. The van der Waals surface area contributed by atoms with E-state index in [1.807, 2.05) is 31.2 Å². The lowest BCUT2D eigenvalue weighted by atomic mass is 10.2. The molecule has 0 aliphatic heterocycles. The minimum absolute atomic E-state index is 0.0353. The van der Waals surface area contributed by atoms with Crippen molar-refractivity contribution in [3.05, 3.63) is 58.6 Å². The molecule has 2 rings (SSSR count). The third kappa shape index (κ3) is 5.53. The van der Waals surface area contributed by atoms with Gasteiger partial charge in [-0.1, -0.05) is 41.4 Å². The van der Waals surface area contributed by atoms with Crippen molar-refractivity contribution in [1.29, 1.82) is 0 Å². The normalized spacial score (nSPS) is 11.7. The van der Waals surface area contributed by atoms with Crippen LogP contribution in [0, 0.1) is 6.92 Å². The number of sulfonamides is 1. The second kappa shape index (κ2) is 8.98. The van der Waals surface area contributed by atoms with Gasteiger partial charge in [0.25, 0.3) is 5.91 Å². The summed E-state index contributed by atoms with van der Waals surface area (Å²) in [7, 11) is -1.15. The second-order valence-corrected chi connectivity index (χ2v) is 8.22. The van der Waals surface area contributed by atoms with Gasteiger partial charge in [-0.2, -0.15) is 9.41 Å². The van der Waals surface area contributed by atoms with Gasteiger partial charge in [-0.3, -0.25) is 4.79 Å². The van der Waals surface area contributed by atoms with Gasteiger partial charge < -0.3 is 4.74 Å². The van der Waals surface area contributed by atoms with Crippen molar-refractivity contribution in [2.45, 2.75) is 11.8 Å². The molecule has 0 atom stereocenters. The maximum absolute atomic E-state index is 12.6. The zero-order chi connectivity index (χ0) is 20.0. The maximum atomic E-state index is 12.6. The molecule has 2 aromatic rings. The Labute approximate surface area is 163 Å². The molecule has 0 radical (unpaired) electrons. The highest BCUT2D eigenvalue weighted by molar-refractivity contribution is 7.89. The molecule has 0 aromatic heterocycles. The Morgan fingerprint density at radius 2 is 2.04 bits per heavy atom. The number of amides is 1. The number of ether oxygens (including phenoxy) is 1. The zero-order valence-electron chi connectivity index (χ0n) is 15.1. The SMILES string of the molecule is COc1ccc(S(=O)(=O)N(C)CC(=O)NN=Cc2cccc(C)c2)cc1Cl. The van der Waals surface area contributed by atoms with E-state index >= 15 is 0 Å². The molecular weight excluding hydrogens is 390 g/mol. The summed E-state index contributed by atoms with van der Waals surface area (Å²) in [6, 6.07) is 11.7. The molecule has 1 N–H and O–H groups in total. The van der Waals surface area contributed by atoms with Crippen molar-refractivity contribution in [3.63, 3.8) is 0 Å². The van der Waals surface area contributed by atoms with Gasteiger partial charge in [-0.15, -0.1) is 0 Å². The molecule has 0 aliphatic rings. The number of likely N-dealkylation sites (N-methyl/N-ethyl adjacent to an activating group) is 1. The zero-order valence-corrected chi connectivity index (χ0v) is 16.7. The highest BCUT2D eigenvalue weighted by Gasteiger charge is 2.23. The van der Waals surface area contributed by atoms with Gasteiger partial charge in [0.15, 0.2) is 0 Å². The van der Waals surface area contributed by atoms with Crippen molar-refractivity contribution < 1.29 is 17.9 Å². The molecule has 1 amide bonds. The number of hydrogen-bond donors (Lipinski definition) is 1. The van der Waals surface area contributed by atoms with Crippen LogP contribution < -0.4 is 10.2 Å². The van der Waals surface area contributed by atoms with Crippen molar-refractivity contribution in [2.75, 3.05) is 20.7 Å². The number of rotatable bonds is 7. The third-order valence-corrected chi connectivity index (χ3v) is 5.74. The number of carbonyl (C=O) groups is 1. The smallest absolute Gasteiger partial charge is 0.255 e. The van der Waals surface area contributed by atoms with E-state index in [4.69, 9.17) is 16.3 Å². The summed E-state index contributed by atoms with van der Waals surface area (Å²) in [5.41, 5.74) is 4.20. The molecule has 0 fully saturated rings. The Kier molecular flexibility index (Phi) is 6.95. The molecule has 27 heavy (non-hydrogen) atoms. The molecular formula is C18H20ClN3O4S. The van der Waals surface area contributed by atoms with Crippen LogP contribution in [0.3, 0.4) is 0 Å². The first-order valence-corrected chi connectivity index (χ1v) is 9.74. The monoisotopic (exact) mass is 409 g/mol. The summed E-state index contributed by atoms with van der Waals surface area (Å²) < 4.78 is 31.0. The summed E-state index contributed by atoms with van der Waals surface area (Å²) in [5.74, 6) is -0.203. The van der Waals surface area contributed by atoms with Crippen LogP contribution in [0.15, 0.2) is 52.5 Å². The van der Waals surface area contributed by atoms with E-state index < -0.39 is 22.5 Å². The summed E-state index contributed by atoms with van der Waals surface area (Å²) >= 11 is 5.98. The number of benzene rings is 2. The first-order chi connectivity index (χ1) is 12.7. The average molecular weight is 410 g/mol. The number of aryl methyl sites for hydroxylation is 1. The summed E-state index contributed by atoms with van der Waals surface area (Å²) in [6.07, 6.45) is 1.49. The van der Waals surface area contributed by atoms with Crippen LogP contribution in [0.2, 0.25) is 5.02 Å². The summed E-state index contributed by atoms with van der Waals surface area (Å²) in [6.45, 7) is 1.55. The van der Waals surface area contributed by atoms with E-state index in [0.29, 0.717) is 5.75 Å². The average Bonchev–Trinajstić information content (AvgIpc) is 2.61. The summed E-state index contributed by atoms with van der Waals surface area (Å²) in [5, 5.41) is 4.01. The molecule has 0 heterocycles. The minimum atomic E-state index is -3.88. The van der Waals surface area contributed by atoms with Gasteiger partial charge >= 0.3 is 0 Å². The van der Waals surface area contributed by atoms with Crippen LogP contribution in [-0.4, -0.2) is 45.5 Å². The minimum Gasteiger partial charge on any atom is -0.495 e. The molecule has 2 aromatic carbocycles. The van der Waals surface area contributed by atoms with Gasteiger partial charge in [-0.25, -0.2) is 13.8 Å². The molecule has 144 valence electrons. The second-order valence-electron chi connectivity index (χ2n) is 5.76. The number of hydrogen-bond acceptors (Lipinski definition) is 5. The van der Waals surface area contributed by atoms with Crippen LogP contribution in [-0.2, 0) is 14.8 Å². The Balaban J connectivity index is 2.01.